The number of likely N-dealkylation sites (tertiary alicyclic amines) is 1. The van der Waals surface area contributed by atoms with E-state index in [-0.39, 0.29) is 5.75 Å². The second-order valence-electron chi connectivity index (χ2n) is 6.45. The first-order valence-electron chi connectivity index (χ1n) is 9.11. The molecule has 3 N–H and O–H groups in total. The SMILES string of the molecule is CCS(=O)(=O)NCCCNC(=NC)NCCCN1CCC(C)CC1. The molecule has 7 nitrogen and oxygen atoms in total. The predicted molar refractivity (Wildman–Crippen MR) is 101 cm³/mol. The maximum atomic E-state index is 11.3. The van der Waals surface area contributed by atoms with Crippen LogP contribution < -0.4 is 15.4 Å². The van der Waals surface area contributed by atoms with Crippen molar-refractivity contribution in [3.05, 3.63) is 0 Å². The van der Waals surface area contributed by atoms with Crippen molar-refractivity contribution >= 4 is 16.0 Å². The average Bonchev–Trinajstić information content (AvgIpc) is 2.58. The topological polar surface area (TPSA) is 85.8 Å². The van der Waals surface area contributed by atoms with Gasteiger partial charge in [-0.15, -0.1) is 0 Å². The van der Waals surface area contributed by atoms with Crippen LogP contribution in [0.3, 0.4) is 0 Å². The van der Waals surface area contributed by atoms with Crippen LogP contribution in [0.25, 0.3) is 0 Å². The third kappa shape index (κ3) is 9.44. The van der Waals surface area contributed by atoms with Crippen LogP contribution in [0.4, 0.5) is 0 Å². The minimum atomic E-state index is -3.09. The zero-order valence-corrected chi connectivity index (χ0v) is 16.3. The first kappa shape index (κ1) is 21.2. The van der Waals surface area contributed by atoms with Gasteiger partial charge in [0.2, 0.25) is 10.0 Å². The Morgan fingerprint density at radius 3 is 2.33 bits per heavy atom. The van der Waals surface area contributed by atoms with Crippen LogP contribution in [-0.2, 0) is 10.0 Å². The molecule has 0 amide bonds. The number of rotatable bonds is 10. The monoisotopic (exact) mass is 361 g/mol. The zero-order valence-electron chi connectivity index (χ0n) is 15.5. The fourth-order valence-electron chi connectivity index (χ4n) is 2.64. The second-order valence-corrected chi connectivity index (χ2v) is 8.55. The van der Waals surface area contributed by atoms with E-state index in [0.717, 1.165) is 37.8 Å². The molecule has 1 aliphatic heterocycles. The highest BCUT2D eigenvalue weighted by Gasteiger charge is 2.14. The number of guanidine groups is 1. The number of nitrogens with one attached hydrogen (secondary N) is 3. The van der Waals surface area contributed by atoms with Gasteiger partial charge >= 0.3 is 0 Å². The summed E-state index contributed by atoms with van der Waals surface area (Å²) in [6.07, 6.45) is 4.47. The van der Waals surface area contributed by atoms with Gasteiger partial charge < -0.3 is 15.5 Å². The first-order chi connectivity index (χ1) is 11.5. The molecule has 0 aliphatic carbocycles. The van der Waals surface area contributed by atoms with E-state index in [4.69, 9.17) is 0 Å². The van der Waals surface area contributed by atoms with Crippen molar-refractivity contribution in [1.82, 2.24) is 20.3 Å². The van der Waals surface area contributed by atoms with Crippen molar-refractivity contribution in [2.45, 2.75) is 39.5 Å². The van der Waals surface area contributed by atoms with Crippen molar-refractivity contribution in [3.63, 3.8) is 0 Å². The number of nitrogens with zero attached hydrogens (tertiary/aromatic N) is 2. The molecule has 0 aromatic heterocycles. The van der Waals surface area contributed by atoms with E-state index in [2.05, 4.69) is 32.2 Å². The Morgan fingerprint density at radius 1 is 1.12 bits per heavy atom. The summed E-state index contributed by atoms with van der Waals surface area (Å²) in [6, 6.07) is 0. The Balaban J connectivity index is 2.04. The number of sulfonamides is 1. The highest BCUT2D eigenvalue weighted by molar-refractivity contribution is 7.89. The van der Waals surface area contributed by atoms with E-state index in [1.807, 2.05) is 0 Å². The van der Waals surface area contributed by atoms with Crippen LogP contribution in [0.5, 0.6) is 0 Å². The molecular weight excluding hydrogens is 326 g/mol. The summed E-state index contributed by atoms with van der Waals surface area (Å²) < 4.78 is 25.2. The lowest BCUT2D eigenvalue weighted by Crippen LogP contribution is -2.40. The molecule has 0 aromatic rings. The number of hydrogen-bond acceptors (Lipinski definition) is 4. The standard InChI is InChI=1S/C16H35N5O2S/c1-4-24(22,23)20-11-5-9-18-16(17-3)19-10-6-12-21-13-7-15(2)8-14-21/h15,20H,4-14H2,1-3H3,(H2,17,18,19). The summed E-state index contributed by atoms with van der Waals surface area (Å²) in [5, 5.41) is 6.52. The van der Waals surface area contributed by atoms with Gasteiger partial charge in [0.15, 0.2) is 5.96 Å². The van der Waals surface area contributed by atoms with E-state index >= 15 is 0 Å². The Kier molecular flexibility index (Phi) is 10.3. The number of piperidine rings is 1. The molecule has 1 saturated heterocycles. The summed E-state index contributed by atoms with van der Waals surface area (Å²) in [7, 11) is -1.33. The van der Waals surface area contributed by atoms with E-state index in [1.54, 1.807) is 14.0 Å². The molecule has 0 atom stereocenters. The molecule has 0 unspecified atom stereocenters. The number of hydrogen-bond donors (Lipinski definition) is 3. The van der Waals surface area contributed by atoms with E-state index < -0.39 is 10.0 Å². The van der Waals surface area contributed by atoms with Gasteiger partial charge in [-0.2, -0.15) is 0 Å². The van der Waals surface area contributed by atoms with Gasteiger partial charge in [-0.25, -0.2) is 13.1 Å². The van der Waals surface area contributed by atoms with Crippen LogP contribution in [0.1, 0.15) is 39.5 Å². The van der Waals surface area contributed by atoms with Crippen LogP contribution in [0, 0.1) is 5.92 Å². The van der Waals surface area contributed by atoms with E-state index in [0.29, 0.717) is 13.1 Å². The summed E-state index contributed by atoms with van der Waals surface area (Å²) in [4.78, 5) is 6.73. The highest BCUT2D eigenvalue weighted by atomic mass is 32.2. The van der Waals surface area contributed by atoms with Crippen molar-refractivity contribution in [1.29, 1.82) is 0 Å². The minimum absolute atomic E-state index is 0.125. The third-order valence-electron chi connectivity index (χ3n) is 4.39. The van der Waals surface area contributed by atoms with Crippen molar-refractivity contribution < 1.29 is 8.42 Å². The maximum Gasteiger partial charge on any atom is 0.211 e. The van der Waals surface area contributed by atoms with Crippen molar-refractivity contribution in [2.24, 2.45) is 10.9 Å². The third-order valence-corrected chi connectivity index (χ3v) is 5.80. The van der Waals surface area contributed by atoms with Gasteiger partial charge in [0.05, 0.1) is 5.75 Å². The van der Waals surface area contributed by atoms with Crippen LogP contribution in [0.15, 0.2) is 4.99 Å². The molecule has 24 heavy (non-hydrogen) atoms. The van der Waals surface area contributed by atoms with Crippen molar-refractivity contribution in [2.75, 3.05) is 52.1 Å². The van der Waals surface area contributed by atoms with Gasteiger partial charge in [-0.1, -0.05) is 6.92 Å². The Hall–Kier alpha value is -0.860. The van der Waals surface area contributed by atoms with Crippen molar-refractivity contribution in [3.8, 4) is 0 Å². The fourth-order valence-corrected chi connectivity index (χ4v) is 3.30. The maximum absolute atomic E-state index is 11.3. The molecule has 142 valence electrons. The van der Waals surface area contributed by atoms with E-state index in [9.17, 15) is 8.42 Å². The summed E-state index contributed by atoms with van der Waals surface area (Å²) in [5.74, 6) is 1.78. The largest absolute Gasteiger partial charge is 0.356 e. The van der Waals surface area contributed by atoms with Crippen LogP contribution in [-0.4, -0.2) is 71.3 Å². The first-order valence-corrected chi connectivity index (χ1v) is 10.8. The number of aliphatic imine (C=N–C) groups is 1. The molecule has 0 bridgehead atoms. The van der Waals surface area contributed by atoms with Gasteiger partial charge in [0.25, 0.3) is 0 Å². The van der Waals surface area contributed by atoms with Gasteiger partial charge in [0.1, 0.15) is 0 Å². The quantitative estimate of drug-likeness (QED) is 0.301. The molecule has 1 aliphatic rings. The lowest BCUT2D eigenvalue weighted by atomic mass is 9.99. The summed E-state index contributed by atoms with van der Waals surface area (Å²) >= 11 is 0. The van der Waals surface area contributed by atoms with Crippen LogP contribution >= 0.6 is 0 Å². The fraction of sp³-hybridized carbons (Fsp3) is 0.938. The smallest absolute Gasteiger partial charge is 0.211 e. The molecule has 0 saturated carbocycles. The lowest BCUT2D eigenvalue weighted by molar-refractivity contribution is 0.191. The highest BCUT2D eigenvalue weighted by Crippen LogP contribution is 2.15. The minimum Gasteiger partial charge on any atom is -0.356 e. The molecule has 1 heterocycles. The van der Waals surface area contributed by atoms with Gasteiger partial charge in [-0.05, 0) is 58.2 Å². The Labute approximate surface area is 147 Å². The Bertz CT molecular complexity index is 459. The molecule has 0 aromatic carbocycles. The van der Waals surface area contributed by atoms with Gasteiger partial charge in [-0.3, -0.25) is 4.99 Å². The summed E-state index contributed by atoms with van der Waals surface area (Å²) in [6.45, 7) is 9.59. The van der Waals surface area contributed by atoms with Gasteiger partial charge in [0, 0.05) is 26.7 Å². The average molecular weight is 362 g/mol. The normalized spacial score (nSPS) is 17.9. The lowest BCUT2D eigenvalue weighted by Gasteiger charge is -2.30. The molecule has 1 rings (SSSR count). The molecule has 1 fully saturated rings. The second kappa shape index (κ2) is 11.7. The predicted octanol–water partition coefficient (Wildman–Crippen LogP) is 0.603. The zero-order chi connectivity index (χ0) is 17.8. The van der Waals surface area contributed by atoms with Crippen LogP contribution in [0.2, 0.25) is 0 Å². The molecule has 0 spiro atoms. The Morgan fingerprint density at radius 2 is 1.75 bits per heavy atom. The summed E-state index contributed by atoms with van der Waals surface area (Å²) in [5.41, 5.74) is 0. The van der Waals surface area contributed by atoms with E-state index in [1.165, 1.54) is 25.9 Å². The molecular formula is C16H35N5O2S. The molecule has 0 radical (unpaired) electrons. The molecule has 8 heteroatoms.